The zero-order chi connectivity index (χ0) is 20.9. The van der Waals surface area contributed by atoms with Crippen LogP contribution in [0.4, 0.5) is 0 Å². The van der Waals surface area contributed by atoms with Gasteiger partial charge in [0.1, 0.15) is 11.6 Å². The Morgan fingerprint density at radius 1 is 1.03 bits per heavy atom. The molecule has 1 aliphatic heterocycles. The van der Waals surface area contributed by atoms with Crippen molar-refractivity contribution in [1.82, 2.24) is 14.5 Å². The van der Waals surface area contributed by atoms with E-state index in [-0.39, 0.29) is 0 Å². The van der Waals surface area contributed by atoms with Gasteiger partial charge < -0.3 is 9.30 Å². The van der Waals surface area contributed by atoms with Crippen LogP contribution in [-0.4, -0.2) is 34.1 Å². The maximum absolute atomic E-state index is 6.19. The zero-order valence-electron chi connectivity index (χ0n) is 18.7. The first-order chi connectivity index (χ1) is 14.6. The summed E-state index contributed by atoms with van der Waals surface area (Å²) in [4.78, 5) is 7.49. The van der Waals surface area contributed by atoms with Crippen molar-refractivity contribution in [3.63, 3.8) is 0 Å². The Kier molecular flexibility index (Phi) is 6.73. The Bertz CT molecular complexity index is 970. The van der Waals surface area contributed by atoms with E-state index in [1.807, 2.05) is 0 Å². The predicted molar refractivity (Wildman–Crippen MR) is 124 cm³/mol. The first-order valence-corrected chi connectivity index (χ1v) is 11.5. The van der Waals surface area contributed by atoms with Crippen molar-refractivity contribution in [2.75, 3.05) is 19.7 Å². The van der Waals surface area contributed by atoms with Gasteiger partial charge in [-0.25, -0.2) is 4.98 Å². The highest BCUT2D eigenvalue weighted by molar-refractivity contribution is 5.75. The summed E-state index contributed by atoms with van der Waals surface area (Å²) in [7, 11) is 0. The minimum Gasteiger partial charge on any atom is -0.493 e. The summed E-state index contributed by atoms with van der Waals surface area (Å²) in [6.07, 6.45) is 4.76. The Morgan fingerprint density at radius 2 is 1.83 bits per heavy atom. The standard InChI is InChI=1S/C26H35N3O/c1-20(2)22-13-12-21(3)18-25(22)30-17-9-8-16-29-24-11-5-4-10-23(24)27-26(29)19-28-14-6-7-15-28/h4-5,10-13,18,20H,6-9,14-17,19H2,1-3H3. The van der Waals surface area contributed by atoms with Gasteiger partial charge >= 0.3 is 0 Å². The van der Waals surface area contributed by atoms with E-state index in [0.29, 0.717) is 5.92 Å². The van der Waals surface area contributed by atoms with E-state index in [2.05, 4.69) is 72.7 Å². The van der Waals surface area contributed by atoms with Crippen LogP contribution in [0.15, 0.2) is 42.5 Å². The fourth-order valence-electron chi connectivity index (χ4n) is 4.43. The summed E-state index contributed by atoms with van der Waals surface area (Å²) in [6, 6.07) is 15.1. The topological polar surface area (TPSA) is 30.3 Å². The van der Waals surface area contributed by atoms with Gasteiger partial charge in [0.15, 0.2) is 0 Å². The number of aryl methyl sites for hydroxylation is 2. The lowest BCUT2D eigenvalue weighted by Crippen LogP contribution is -2.21. The fraction of sp³-hybridized carbons (Fsp3) is 0.500. The van der Waals surface area contributed by atoms with Crippen molar-refractivity contribution in [2.45, 2.75) is 65.5 Å². The van der Waals surface area contributed by atoms with Crippen LogP contribution >= 0.6 is 0 Å². The first kappa shape index (κ1) is 20.9. The normalized spacial score (nSPS) is 14.8. The molecule has 2 aromatic carbocycles. The predicted octanol–water partition coefficient (Wildman–Crippen LogP) is 5.92. The molecule has 2 heterocycles. The molecule has 0 atom stereocenters. The second kappa shape index (κ2) is 9.65. The number of hydrogen-bond donors (Lipinski definition) is 0. The van der Waals surface area contributed by atoms with E-state index >= 15 is 0 Å². The molecule has 160 valence electrons. The molecule has 0 radical (unpaired) electrons. The highest BCUT2D eigenvalue weighted by atomic mass is 16.5. The van der Waals surface area contributed by atoms with E-state index in [0.717, 1.165) is 43.8 Å². The largest absolute Gasteiger partial charge is 0.493 e. The van der Waals surface area contributed by atoms with Crippen LogP contribution in [0.2, 0.25) is 0 Å². The molecule has 1 aromatic heterocycles. The fourth-order valence-corrected chi connectivity index (χ4v) is 4.43. The molecular weight excluding hydrogens is 370 g/mol. The van der Waals surface area contributed by atoms with Crippen LogP contribution in [0.5, 0.6) is 5.75 Å². The Balaban J connectivity index is 1.37. The van der Waals surface area contributed by atoms with Crippen molar-refractivity contribution < 1.29 is 4.74 Å². The molecule has 0 aliphatic carbocycles. The third-order valence-electron chi connectivity index (χ3n) is 6.12. The number of para-hydroxylation sites is 2. The van der Waals surface area contributed by atoms with E-state index in [1.165, 1.54) is 48.4 Å². The minimum atomic E-state index is 0.478. The van der Waals surface area contributed by atoms with E-state index in [1.54, 1.807) is 0 Å². The highest BCUT2D eigenvalue weighted by Gasteiger charge is 2.17. The second-order valence-electron chi connectivity index (χ2n) is 8.90. The summed E-state index contributed by atoms with van der Waals surface area (Å²) in [5.74, 6) is 2.73. The average molecular weight is 406 g/mol. The zero-order valence-corrected chi connectivity index (χ0v) is 18.7. The SMILES string of the molecule is Cc1ccc(C(C)C)c(OCCCCn2c(CN3CCCC3)nc3ccccc32)c1. The van der Waals surface area contributed by atoms with Gasteiger partial charge in [-0.05, 0) is 80.9 Å². The highest BCUT2D eigenvalue weighted by Crippen LogP contribution is 2.28. The van der Waals surface area contributed by atoms with Gasteiger partial charge in [0, 0.05) is 6.54 Å². The van der Waals surface area contributed by atoms with E-state index in [9.17, 15) is 0 Å². The number of fused-ring (bicyclic) bond motifs is 1. The summed E-state index contributed by atoms with van der Waals surface area (Å²) in [6.45, 7) is 11.7. The van der Waals surface area contributed by atoms with Gasteiger partial charge in [0.05, 0.1) is 24.2 Å². The van der Waals surface area contributed by atoms with E-state index in [4.69, 9.17) is 9.72 Å². The molecule has 4 heteroatoms. The van der Waals surface area contributed by atoms with Crippen LogP contribution in [-0.2, 0) is 13.1 Å². The number of imidazole rings is 1. The molecule has 3 aromatic rings. The third-order valence-corrected chi connectivity index (χ3v) is 6.12. The van der Waals surface area contributed by atoms with Crippen LogP contribution in [0.25, 0.3) is 11.0 Å². The van der Waals surface area contributed by atoms with Crippen molar-refractivity contribution >= 4 is 11.0 Å². The Morgan fingerprint density at radius 3 is 2.63 bits per heavy atom. The van der Waals surface area contributed by atoms with Gasteiger partial charge in [-0.1, -0.05) is 38.1 Å². The maximum Gasteiger partial charge on any atom is 0.124 e. The summed E-state index contributed by atoms with van der Waals surface area (Å²) in [5.41, 5.74) is 4.93. The number of hydrogen-bond acceptors (Lipinski definition) is 3. The molecule has 0 unspecified atom stereocenters. The van der Waals surface area contributed by atoms with Crippen LogP contribution in [0.1, 0.15) is 62.4 Å². The minimum absolute atomic E-state index is 0.478. The average Bonchev–Trinajstić information content (AvgIpc) is 3.36. The summed E-state index contributed by atoms with van der Waals surface area (Å²) >= 11 is 0. The molecule has 0 bridgehead atoms. The van der Waals surface area contributed by atoms with Crippen LogP contribution in [0.3, 0.4) is 0 Å². The second-order valence-corrected chi connectivity index (χ2v) is 8.90. The number of nitrogens with zero attached hydrogens (tertiary/aromatic N) is 3. The van der Waals surface area contributed by atoms with Gasteiger partial charge in [-0.3, -0.25) is 4.90 Å². The third kappa shape index (κ3) is 4.86. The Hall–Kier alpha value is -2.33. The van der Waals surface area contributed by atoms with Gasteiger partial charge in [-0.2, -0.15) is 0 Å². The van der Waals surface area contributed by atoms with Gasteiger partial charge in [-0.15, -0.1) is 0 Å². The maximum atomic E-state index is 6.19. The molecule has 0 spiro atoms. The number of aromatic nitrogens is 2. The van der Waals surface area contributed by atoms with Gasteiger partial charge in [0.2, 0.25) is 0 Å². The molecule has 0 amide bonds. The summed E-state index contributed by atoms with van der Waals surface area (Å²) < 4.78 is 8.62. The quantitative estimate of drug-likeness (QED) is 0.414. The van der Waals surface area contributed by atoms with Crippen molar-refractivity contribution in [3.05, 3.63) is 59.4 Å². The lowest BCUT2D eigenvalue weighted by Gasteiger charge is -2.17. The van der Waals surface area contributed by atoms with Crippen molar-refractivity contribution in [1.29, 1.82) is 0 Å². The van der Waals surface area contributed by atoms with Crippen molar-refractivity contribution in [2.24, 2.45) is 0 Å². The molecule has 1 aliphatic rings. The van der Waals surface area contributed by atoms with Crippen LogP contribution < -0.4 is 4.74 Å². The number of likely N-dealkylation sites (tertiary alicyclic amines) is 1. The molecular formula is C26H35N3O. The monoisotopic (exact) mass is 405 g/mol. The van der Waals surface area contributed by atoms with Crippen molar-refractivity contribution in [3.8, 4) is 5.75 Å². The summed E-state index contributed by atoms with van der Waals surface area (Å²) in [5, 5.41) is 0. The number of rotatable bonds is 9. The molecule has 0 N–H and O–H groups in total. The van der Waals surface area contributed by atoms with Crippen LogP contribution in [0, 0.1) is 6.92 Å². The molecule has 0 saturated carbocycles. The lowest BCUT2D eigenvalue weighted by atomic mass is 10.0. The molecule has 4 rings (SSSR count). The number of benzene rings is 2. The number of unbranched alkanes of at least 4 members (excludes halogenated alkanes) is 1. The molecule has 4 nitrogen and oxygen atoms in total. The smallest absolute Gasteiger partial charge is 0.124 e. The number of ether oxygens (including phenoxy) is 1. The molecule has 1 saturated heterocycles. The van der Waals surface area contributed by atoms with E-state index < -0.39 is 0 Å². The lowest BCUT2D eigenvalue weighted by molar-refractivity contribution is 0.295. The van der Waals surface area contributed by atoms with Gasteiger partial charge in [0.25, 0.3) is 0 Å². The molecule has 30 heavy (non-hydrogen) atoms. The first-order valence-electron chi connectivity index (χ1n) is 11.5. The molecule has 1 fully saturated rings. The Labute approximate surface area is 180 Å².